The Labute approximate surface area is 131 Å². The van der Waals surface area contributed by atoms with Gasteiger partial charge in [0, 0.05) is 19.3 Å². The molecule has 0 fully saturated rings. The Bertz CT molecular complexity index is 835. The molecule has 1 unspecified atom stereocenters. The van der Waals surface area contributed by atoms with Crippen molar-refractivity contribution in [1.82, 2.24) is 19.3 Å². The van der Waals surface area contributed by atoms with Gasteiger partial charge in [-0.1, -0.05) is 11.6 Å². The zero-order chi connectivity index (χ0) is 15.3. The van der Waals surface area contributed by atoms with Crippen molar-refractivity contribution in [2.24, 2.45) is 7.05 Å². The summed E-state index contributed by atoms with van der Waals surface area (Å²) in [5, 5.41) is 4.05. The predicted molar refractivity (Wildman–Crippen MR) is 81.8 cm³/mol. The SMILES string of the molecule is Cc1nn(C)cc1-n1c(C(C)Cl)nc2cc(F)c(Cl)cc21. The van der Waals surface area contributed by atoms with E-state index < -0.39 is 5.82 Å². The number of nitrogens with zero attached hydrogens (tertiary/aromatic N) is 4. The number of aryl methyl sites for hydroxylation is 2. The van der Waals surface area contributed by atoms with Crippen molar-refractivity contribution < 1.29 is 4.39 Å². The number of hydrogen-bond acceptors (Lipinski definition) is 2. The number of benzene rings is 1. The van der Waals surface area contributed by atoms with Gasteiger partial charge in [0.25, 0.3) is 0 Å². The number of rotatable bonds is 2. The fourth-order valence-corrected chi connectivity index (χ4v) is 2.72. The third-order valence-electron chi connectivity index (χ3n) is 3.31. The van der Waals surface area contributed by atoms with Gasteiger partial charge >= 0.3 is 0 Å². The van der Waals surface area contributed by atoms with E-state index in [0.29, 0.717) is 16.9 Å². The number of halogens is 3. The van der Waals surface area contributed by atoms with Crippen LogP contribution in [0.1, 0.15) is 23.8 Å². The highest BCUT2D eigenvalue weighted by atomic mass is 35.5. The maximum Gasteiger partial charge on any atom is 0.144 e. The summed E-state index contributed by atoms with van der Waals surface area (Å²) in [5.41, 5.74) is 2.91. The Morgan fingerprint density at radius 2 is 2.05 bits per heavy atom. The Hall–Kier alpha value is -1.59. The summed E-state index contributed by atoms with van der Waals surface area (Å²) in [6, 6.07) is 2.89. The standard InChI is InChI=1S/C14H13Cl2FN4/c1-7(15)14-18-11-5-10(17)9(16)4-12(11)21(14)13-6-20(3)19-8(13)2/h4-7H,1-3H3. The molecule has 1 aromatic carbocycles. The molecule has 0 saturated heterocycles. The van der Waals surface area contributed by atoms with E-state index >= 15 is 0 Å². The van der Waals surface area contributed by atoms with Gasteiger partial charge in [0.1, 0.15) is 11.6 Å². The van der Waals surface area contributed by atoms with E-state index in [0.717, 1.165) is 11.4 Å². The van der Waals surface area contributed by atoms with E-state index in [1.54, 1.807) is 10.7 Å². The van der Waals surface area contributed by atoms with Crippen molar-refractivity contribution in [3.05, 3.63) is 40.7 Å². The second kappa shape index (κ2) is 5.00. The van der Waals surface area contributed by atoms with Crippen molar-refractivity contribution in [1.29, 1.82) is 0 Å². The molecule has 0 spiro atoms. The first kappa shape index (κ1) is 14.4. The fraction of sp³-hybridized carbons (Fsp3) is 0.286. The maximum atomic E-state index is 13.6. The van der Waals surface area contributed by atoms with Crippen LogP contribution in [0.25, 0.3) is 16.7 Å². The smallest absolute Gasteiger partial charge is 0.144 e. The van der Waals surface area contributed by atoms with Crippen LogP contribution in [0, 0.1) is 12.7 Å². The lowest BCUT2D eigenvalue weighted by Gasteiger charge is -2.09. The number of aromatic nitrogens is 4. The third kappa shape index (κ3) is 2.30. The molecular weight excluding hydrogens is 314 g/mol. The van der Waals surface area contributed by atoms with Gasteiger partial charge in [0.15, 0.2) is 0 Å². The highest BCUT2D eigenvalue weighted by Crippen LogP contribution is 2.31. The molecule has 0 aliphatic heterocycles. The van der Waals surface area contributed by atoms with Crippen LogP contribution in [0.5, 0.6) is 0 Å². The maximum absolute atomic E-state index is 13.6. The van der Waals surface area contributed by atoms with Gasteiger partial charge in [0.05, 0.1) is 32.8 Å². The average Bonchev–Trinajstić information content (AvgIpc) is 2.90. The quantitative estimate of drug-likeness (QED) is 0.663. The van der Waals surface area contributed by atoms with E-state index in [4.69, 9.17) is 23.2 Å². The summed E-state index contributed by atoms with van der Waals surface area (Å²) in [6.45, 7) is 3.72. The molecule has 4 nitrogen and oxygen atoms in total. The Morgan fingerprint density at radius 3 is 2.62 bits per heavy atom. The summed E-state index contributed by atoms with van der Waals surface area (Å²) in [6.07, 6.45) is 1.87. The Balaban J connectivity index is 2.40. The minimum Gasteiger partial charge on any atom is -0.292 e. The lowest BCUT2D eigenvalue weighted by Crippen LogP contribution is -2.02. The largest absolute Gasteiger partial charge is 0.292 e. The van der Waals surface area contributed by atoms with Gasteiger partial charge in [-0.2, -0.15) is 5.10 Å². The van der Waals surface area contributed by atoms with Crippen LogP contribution < -0.4 is 0 Å². The van der Waals surface area contributed by atoms with Crippen molar-refractivity contribution in [3.8, 4) is 5.69 Å². The van der Waals surface area contributed by atoms with E-state index in [1.807, 2.05) is 31.7 Å². The van der Waals surface area contributed by atoms with E-state index in [9.17, 15) is 4.39 Å². The normalized spacial score (nSPS) is 13.0. The number of alkyl halides is 1. The monoisotopic (exact) mass is 326 g/mol. The molecule has 0 radical (unpaired) electrons. The van der Waals surface area contributed by atoms with E-state index in [2.05, 4.69) is 10.1 Å². The molecule has 21 heavy (non-hydrogen) atoms. The number of fused-ring (bicyclic) bond motifs is 1. The molecule has 3 aromatic rings. The molecule has 0 amide bonds. The lowest BCUT2D eigenvalue weighted by molar-refractivity contribution is 0.630. The van der Waals surface area contributed by atoms with Crippen molar-refractivity contribution in [3.63, 3.8) is 0 Å². The van der Waals surface area contributed by atoms with Crippen molar-refractivity contribution in [2.75, 3.05) is 0 Å². The molecule has 0 saturated carbocycles. The minimum atomic E-state index is -0.495. The van der Waals surface area contributed by atoms with Gasteiger partial charge in [0.2, 0.25) is 0 Å². The highest BCUT2D eigenvalue weighted by Gasteiger charge is 2.20. The summed E-state index contributed by atoms with van der Waals surface area (Å²) in [4.78, 5) is 4.44. The van der Waals surface area contributed by atoms with E-state index in [1.165, 1.54) is 6.07 Å². The second-order valence-corrected chi connectivity index (χ2v) is 6.01. The van der Waals surface area contributed by atoms with Crippen LogP contribution in [-0.2, 0) is 7.05 Å². The first-order chi connectivity index (χ1) is 9.88. The van der Waals surface area contributed by atoms with Crippen LogP contribution in [0.4, 0.5) is 4.39 Å². The molecule has 0 aliphatic carbocycles. The molecule has 0 aliphatic rings. The van der Waals surface area contributed by atoms with Crippen molar-refractivity contribution in [2.45, 2.75) is 19.2 Å². The molecule has 0 N–H and O–H groups in total. The molecule has 7 heteroatoms. The minimum absolute atomic E-state index is 0.0546. The molecule has 2 aromatic heterocycles. The third-order valence-corrected chi connectivity index (χ3v) is 3.79. The van der Waals surface area contributed by atoms with E-state index in [-0.39, 0.29) is 10.4 Å². The fourth-order valence-electron chi connectivity index (χ4n) is 2.42. The summed E-state index contributed by atoms with van der Waals surface area (Å²) in [5.74, 6) is 0.134. The van der Waals surface area contributed by atoms with Crippen LogP contribution in [0.3, 0.4) is 0 Å². The lowest BCUT2D eigenvalue weighted by atomic mass is 10.3. The van der Waals surface area contributed by atoms with Crippen LogP contribution in [0.15, 0.2) is 18.3 Å². The van der Waals surface area contributed by atoms with Gasteiger partial charge in [-0.3, -0.25) is 9.25 Å². The summed E-state index contributed by atoms with van der Waals surface area (Å²) >= 11 is 12.1. The zero-order valence-corrected chi connectivity index (χ0v) is 13.2. The van der Waals surface area contributed by atoms with Crippen LogP contribution >= 0.6 is 23.2 Å². The van der Waals surface area contributed by atoms with Gasteiger partial charge in [-0.15, -0.1) is 11.6 Å². The molecular formula is C14H13Cl2FN4. The second-order valence-electron chi connectivity index (χ2n) is 4.95. The van der Waals surface area contributed by atoms with Crippen LogP contribution in [-0.4, -0.2) is 19.3 Å². The van der Waals surface area contributed by atoms with Gasteiger partial charge in [-0.25, -0.2) is 9.37 Å². The zero-order valence-electron chi connectivity index (χ0n) is 11.7. The van der Waals surface area contributed by atoms with Crippen LogP contribution in [0.2, 0.25) is 5.02 Å². The molecule has 0 bridgehead atoms. The van der Waals surface area contributed by atoms with Gasteiger partial charge < -0.3 is 0 Å². The Kier molecular flexibility index (Phi) is 3.42. The number of hydrogen-bond donors (Lipinski definition) is 0. The topological polar surface area (TPSA) is 35.6 Å². The molecule has 2 heterocycles. The van der Waals surface area contributed by atoms with Crippen molar-refractivity contribution >= 4 is 34.2 Å². The first-order valence-corrected chi connectivity index (χ1v) is 7.22. The highest BCUT2D eigenvalue weighted by molar-refractivity contribution is 6.31. The summed E-state index contributed by atoms with van der Waals surface area (Å²) < 4.78 is 17.2. The molecule has 1 atom stereocenters. The first-order valence-electron chi connectivity index (χ1n) is 6.40. The van der Waals surface area contributed by atoms with Gasteiger partial charge in [-0.05, 0) is 19.9 Å². The molecule has 110 valence electrons. The summed E-state index contributed by atoms with van der Waals surface area (Å²) in [7, 11) is 1.84. The average molecular weight is 327 g/mol. The predicted octanol–water partition coefficient (Wildman–Crippen LogP) is 4.16. The molecule has 3 rings (SSSR count). The number of imidazole rings is 1. The Morgan fingerprint density at radius 1 is 1.33 bits per heavy atom.